The van der Waals surface area contributed by atoms with Crippen molar-refractivity contribution in [2.24, 2.45) is 16.2 Å². The van der Waals surface area contributed by atoms with Gasteiger partial charge in [0.1, 0.15) is 0 Å². The number of hydrogen-bond acceptors (Lipinski definition) is 0. The van der Waals surface area contributed by atoms with E-state index in [-0.39, 0.29) is 58.1 Å². The molecule has 0 unspecified atom stereocenters. The van der Waals surface area contributed by atoms with Crippen molar-refractivity contribution in [1.29, 1.82) is 0 Å². The van der Waals surface area contributed by atoms with E-state index in [9.17, 15) is 0 Å². The number of rotatable bonds is 4. The van der Waals surface area contributed by atoms with Crippen molar-refractivity contribution in [2.45, 2.75) is 114 Å². The molecule has 0 atom stereocenters. The van der Waals surface area contributed by atoms with Gasteiger partial charge in [-0.1, -0.05) is 0 Å². The van der Waals surface area contributed by atoms with Crippen molar-refractivity contribution in [1.82, 2.24) is 0 Å². The van der Waals surface area contributed by atoms with Crippen molar-refractivity contribution in [2.75, 3.05) is 0 Å². The minimum absolute atomic E-state index is 0. The van der Waals surface area contributed by atoms with Crippen LogP contribution in [0.25, 0.3) is 22.3 Å². The van der Waals surface area contributed by atoms with Gasteiger partial charge in [-0.3, -0.25) is 0 Å². The third kappa shape index (κ3) is 6.29. The molecule has 0 radical (unpaired) electrons. The Kier molecular flexibility index (Phi) is 10.6. The summed E-state index contributed by atoms with van der Waals surface area (Å²) in [7, 11) is 0. The van der Waals surface area contributed by atoms with Crippen molar-refractivity contribution >= 4 is 46.7 Å². The van der Waals surface area contributed by atoms with E-state index in [0.29, 0.717) is 6.42 Å². The molecule has 0 spiro atoms. The van der Waals surface area contributed by atoms with Crippen molar-refractivity contribution in [3.8, 4) is 11.1 Å². The summed E-state index contributed by atoms with van der Waals surface area (Å²) in [6, 6.07) is 24.4. The average molecular weight is 899 g/mol. The van der Waals surface area contributed by atoms with Crippen LogP contribution in [0.15, 0.2) is 103 Å². The predicted octanol–water partition coefficient (Wildman–Crippen LogP) is 14.2. The number of fused-ring (bicyclic) bond motifs is 5. The van der Waals surface area contributed by atoms with Gasteiger partial charge in [-0.15, -0.1) is 24.8 Å². The first-order valence-corrected chi connectivity index (χ1v) is 27.3. The molecule has 4 aliphatic rings. The minimum atomic E-state index is -5.57. The Morgan fingerprint density at radius 1 is 0.621 bits per heavy atom. The van der Waals surface area contributed by atoms with Crippen LogP contribution in [-0.2, 0) is 35.5 Å². The summed E-state index contributed by atoms with van der Waals surface area (Å²) in [5, 5.41) is 0. The maximum atomic E-state index is 15.9. The molecule has 0 saturated heterocycles. The van der Waals surface area contributed by atoms with Gasteiger partial charge in [0.2, 0.25) is 0 Å². The molecule has 0 bridgehead atoms. The SMILES string of the molecule is Cl.Cl.[CH2]=[Zr]([C]1=CC(C(C)(C)C)=CC1)([C]1=C(C(C)(C)C)c2cc3c(cc2C1(C)C)Cc1cc2c(cc1-3)C(C(C)(C)C)=CC2(C)C)([c]1cccc(F)c1)[c]1cccc(F)c1. The van der Waals surface area contributed by atoms with E-state index in [1.807, 2.05) is 12.1 Å². The molecule has 0 aliphatic heterocycles. The van der Waals surface area contributed by atoms with Gasteiger partial charge in [-0.2, -0.15) is 0 Å². The van der Waals surface area contributed by atoms with E-state index in [4.69, 9.17) is 4.21 Å². The van der Waals surface area contributed by atoms with Gasteiger partial charge >= 0.3 is 338 Å². The van der Waals surface area contributed by atoms with E-state index in [0.717, 1.165) is 13.0 Å². The van der Waals surface area contributed by atoms with E-state index in [1.165, 1.54) is 79.9 Å². The molecule has 0 N–H and O–H groups in total. The van der Waals surface area contributed by atoms with Crippen LogP contribution < -0.4 is 6.54 Å². The van der Waals surface area contributed by atoms with Crippen molar-refractivity contribution < 1.29 is 27.1 Å². The summed E-state index contributed by atoms with van der Waals surface area (Å²) in [5.41, 5.74) is 13.8. The first-order valence-electron chi connectivity index (χ1n) is 20.6. The summed E-state index contributed by atoms with van der Waals surface area (Å²) in [5.74, 6) is -0.571. The van der Waals surface area contributed by atoms with Gasteiger partial charge in [0.05, 0.1) is 0 Å². The summed E-state index contributed by atoms with van der Waals surface area (Å²) in [4.78, 5) is 0. The van der Waals surface area contributed by atoms with Crippen molar-refractivity contribution in [3.63, 3.8) is 0 Å². The topological polar surface area (TPSA) is 0 Å². The van der Waals surface area contributed by atoms with E-state index in [1.54, 1.807) is 12.1 Å². The Balaban J connectivity index is 0.00000283. The fourth-order valence-electron chi connectivity index (χ4n) is 11.3. The quantitative estimate of drug-likeness (QED) is 0.169. The van der Waals surface area contributed by atoms with Gasteiger partial charge in [-0.25, -0.2) is 0 Å². The Labute approximate surface area is 360 Å². The summed E-state index contributed by atoms with van der Waals surface area (Å²) in [6.45, 7) is 30.1. The van der Waals surface area contributed by atoms with E-state index >= 15 is 8.78 Å². The second kappa shape index (κ2) is 13.8. The fourth-order valence-corrected chi connectivity index (χ4v) is 29.5. The molecule has 0 nitrogen and oxygen atoms in total. The van der Waals surface area contributed by atoms with Crippen LogP contribution in [0.2, 0.25) is 0 Å². The molecule has 0 heterocycles. The first-order chi connectivity index (χ1) is 25.8. The molecule has 306 valence electrons. The zero-order valence-electron chi connectivity index (χ0n) is 36.9. The van der Waals surface area contributed by atoms with Crippen LogP contribution in [0, 0.1) is 27.9 Å². The molecule has 0 fully saturated rings. The molecule has 5 heteroatoms. The van der Waals surface area contributed by atoms with Crippen LogP contribution in [0.5, 0.6) is 0 Å². The number of halogens is 4. The molecule has 4 aliphatic carbocycles. The molecule has 0 amide bonds. The summed E-state index contributed by atoms with van der Waals surface area (Å²) < 4.78 is 41.9. The second-order valence-corrected chi connectivity index (χ2v) is 34.5. The third-order valence-corrected chi connectivity index (χ3v) is 30.9. The third-order valence-electron chi connectivity index (χ3n) is 13.9. The van der Waals surface area contributed by atoms with Crippen LogP contribution in [0.1, 0.15) is 130 Å². The van der Waals surface area contributed by atoms with Crippen LogP contribution in [-0.4, -0.2) is 4.21 Å². The second-order valence-electron chi connectivity index (χ2n) is 21.7. The van der Waals surface area contributed by atoms with Gasteiger partial charge in [0, 0.05) is 0 Å². The molecular weight excluding hydrogens is 837 g/mol. The number of hydrogen-bond donors (Lipinski definition) is 0. The van der Waals surface area contributed by atoms with Gasteiger partial charge in [0.15, 0.2) is 0 Å². The van der Waals surface area contributed by atoms with Crippen LogP contribution in [0.4, 0.5) is 8.78 Å². The van der Waals surface area contributed by atoms with E-state index in [2.05, 4.69) is 145 Å². The van der Waals surface area contributed by atoms with Gasteiger partial charge < -0.3 is 0 Å². The maximum absolute atomic E-state index is 15.9. The number of allylic oxidation sites excluding steroid dienone is 8. The van der Waals surface area contributed by atoms with Crippen LogP contribution in [0.3, 0.4) is 0 Å². The zero-order chi connectivity index (χ0) is 40.8. The summed E-state index contributed by atoms with van der Waals surface area (Å²) in [6.07, 6.45) is 8.82. The monoisotopic (exact) mass is 896 g/mol. The molecule has 4 aromatic rings. The Bertz CT molecular complexity index is 2550. The standard InChI is InChI=1S/C31H37.C9H13.2C6H4F.CH2.2ClH.Zr/c1-28(2,3)26-16-30(7,8)24-12-18-11-19-13-25-23(15-21(19)20(18)14-22(24)26)27(29(4,5)6)17-31(25,9)10;1-9(2,3)8-6-4-5-7-8;2*7-6-4-2-1-3-5-6;;;;/h12-16H,11H2,1-10H3;6-7H,4H2,1-3H3;2*1-2,4-5H;1H2;2*1H;. The Morgan fingerprint density at radius 3 is 1.60 bits per heavy atom. The molecular formula is C53H62Cl2F2Zr. The molecule has 0 aromatic heterocycles. The average Bonchev–Trinajstić information content (AvgIpc) is 3.84. The zero-order valence-corrected chi connectivity index (χ0v) is 40.9. The molecule has 0 saturated carbocycles. The van der Waals surface area contributed by atoms with Crippen LogP contribution >= 0.6 is 24.8 Å². The molecule has 4 aromatic carbocycles. The van der Waals surface area contributed by atoms with Gasteiger partial charge in [-0.05, 0) is 0 Å². The Morgan fingerprint density at radius 2 is 1.14 bits per heavy atom. The molecule has 8 rings (SSSR count). The first kappa shape index (κ1) is 44.6. The van der Waals surface area contributed by atoms with Crippen molar-refractivity contribution in [3.05, 3.63) is 148 Å². The fraction of sp³-hybridized carbons (Fsp3) is 0.377. The normalized spacial score (nSPS) is 18.0. The number of benzene rings is 4. The van der Waals surface area contributed by atoms with Gasteiger partial charge in [0.25, 0.3) is 0 Å². The van der Waals surface area contributed by atoms with E-state index < -0.39 is 23.7 Å². The predicted molar refractivity (Wildman–Crippen MR) is 248 cm³/mol. The Hall–Kier alpha value is -2.97. The molecule has 58 heavy (non-hydrogen) atoms. The summed E-state index contributed by atoms with van der Waals surface area (Å²) >= 11 is -5.57.